The first-order valence-corrected chi connectivity index (χ1v) is 14.2. The van der Waals surface area contributed by atoms with Crippen molar-refractivity contribution in [3.05, 3.63) is 51.5 Å². The van der Waals surface area contributed by atoms with Crippen molar-refractivity contribution < 1.29 is 4.74 Å². The molecule has 2 aromatic rings. The second-order valence-electron chi connectivity index (χ2n) is 10.7. The highest BCUT2D eigenvalue weighted by molar-refractivity contribution is 9.10. The lowest BCUT2D eigenvalue weighted by molar-refractivity contribution is 0.0302. The summed E-state index contributed by atoms with van der Waals surface area (Å²) in [4.78, 5) is 0. The van der Waals surface area contributed by atoms with E-state index < -0.39 is 0 Å². The lowest BCUT2D eigenvalue weighted by atomic mass is 9.51. The zero-order valence-electron chi connectivity index (χ0n) is 21.3. The number of fused-ring (bicyclic) bond motifs is 3. The smallest absolute Gasteiger partial charge is 0.138 e. The summed E-state index contributed by atoms with van der Waals surface area (Å²) in [5.74, 6) is 0.502. The minimum Gasteiger partial charge on any atom is -0.492 e. The minimum absolute atomic E-state index is 0.275. The van der Waals surface area contributed by atoms with E-state index in [1.165, 1.54) is 69.8 Å². The van der Waals surface area contributed by atoms with Gasteiger partial charge in [-0.25, -0.2) is 0 Å². The van der Waals surface area contributed by atoms with Crippen LogP contribution < -0.4 is 4.74 Å². The van der Waals surface area contributed by atoms with E-state index in [2.05, 4.69) is 60.1 Å². The largest absolute Gasteiger partial charge is 0.492 e. The quantitative estimate of drug-likeness (QED) is 0.286. The predicted molar refractivity (Wildman–Crippen MR) is 145 cm³/mol. The van der Waals surface area contributed by atoms with Crippen molar-refractivity contribution in [3.63, 3.8) is 0 Å². The molecular weight excluding hydrogens is 496 g/mol. The maximum atomic E-state index is 9.93. The van der Waals surface area contributed by atoms with Crippen molar-refractivity contribution in [1.82, 2.24) is 0 Å². The van der Waals surface area contributed by atoms with Gasteiger partial charge in [-0.15, -0.1) is 0 Å². The Bertz CT molecular complexity index is 1120. The second-order valence-corrected chi connectivity index (χ2v) is 11.6. The van der Waals surface area contributed by atoms with Crippen molar-refractivity contribution in [3.8, 4) is 29.0 Å². The van der Waals surface area contributed by atoms with Crippen LogP contribution >= 0.6 is 15.9 Å². The Kier molecular flexibility index (Phi) is 8.23. The number of nitrogens with zero attached hydrogens (tertiary/aromatic N) is 2. The number of halogens is 1. The molecule has 0 N–H and O–H groups in total. The third-order valence-corrected chi connectivity index (χ3v) is 9.37. The van der Waals surface area contributed by atoms with E-state index in [0.29, 0.717) is 28.9 Å². The number of unbranched alkanes of at least 4 members (excludes halogenated alkanes) is 3. The number of benzene rings is 2. The Morgan fingerprint density at radius 2 is 1.54 bits per heavy atom. The lowest BCUT2D eigenvalue weighted by Gasteiger charge is -2.54. The number of hydrogen-bond donors (Lipinski definition) is 0. The van der Waals surface area contributed by atoms with Gasteiger partial charge in [-0.3, -0.25) is 0 Å². The SMILES string of the molecule is CCCCCC12CCC(c3ccc(-c4ccc(OCCCC)c(C#N)c4C#N)cc3Br)(CC1)CC2. The molecule has 3 saturated carbocycles. The first kappa shape index (κ1) is 25.8. The first-order valence-electron chi connectivity index (χ1n) is 13.4. The maximum Gasteiger partial charge on any atom is 0.138 e. The van der Waals surface area contributed by atoms with E-state index in [1.807, 2.05) is 12.1 Å². The van der Waals surface area contributed by atoms with Crippen LogP contribution in [0.5, 0.6) is 5.75 Å². The number of nitriles is 2. The van der Waals surface area contributed by atoms with Crippen LogP contribution in [-0.2, 0) is 5.41 Å². The van der Waals surface area contributed by atoms with Crippen LogP contribution in [0.15, 0.2) is 34.8 Å². The molecule has 3 aliphatic rings. The highest BCUT2D eigenvalue weighted by Gasteiger charge is 2.49. The van der Waals surface area contributed by atoms with Gasteiger partial charge < -0.3 is 4.74 Å². The summed E-state index contributed by atoms with van der Waals surface area (Å²) in [6.07, 6.45) is 15.3. The molecular formula is C31H37BrN2O. The summed E-state index contributed by atoms with van der Waals surface area (Å²) in [5, 5.41) is 19.7. The molecule has 3 aliphatic carbocycles. The van der Waals surface area contributed by atoms with Gasteiger partial charge in [-0.05, 0) is 91.5 Å². The third-order valence-electron chi connectivity index (χ3n) is 8.71. The zero-order valence-corrected chi connectivity index (χ0v) is 22.8. The molecule has 35 heavy (non-hydrogen) atoms. The molecule has 5 rings (SSSR count). The molecule has 2 bridgehead atoms. The lowest BCUT2D eigenvalue weighted by Crippen LogP contribution is -2.44. The van der Waals surface area contributed by atoms with Crippen LogP contribution in [0.4, 0.5) is 0 Å². The Hall–Kier alpha value is -2.30. The van der Waals surface area contributed by atoms with Crippen LogP contribution in [-0.4, -0.2) is 6.61 Å². The normalized spacial score (nSPS) is 23.0. The number of ether oxygens (including phenoxy) is 1. The van der Waals surface area contributed by atoms with Gasteiger partial charge in [-0.2, -0.15) is 10.5 Å². The van der Waals surface area contributed by atoms with E-state index in [0.717, 1.165) is 28.4 Å². The van der Waals surface area contributed by atoms with Gasteiger partial charge in [0.1, 0.15) is 23.5 Å². The maximum absolute atomic E-state index is 9.93. The average Bonchev–Trinajstić information content (AvgIpc) is 2.89. The Balaban J connectivity index is 1.58. The van der Waals surface area contributed by atoms with Gasteiger partial charge in [0.15, 0.2) is 0 Å². The predicted octanol–water partition coefficient (Wildman–Crippen LogP) is 9.21. The Labute approximate surface area is 219 Å². The molecule has 0 saturated heterocycles. The molecule has 0 radical (unpaired) electrons. The molecule has 3 fully saturated rings. The van der Waals surface area contributed by atoms with Crippen LogP contribution in [0, 0.1) is 28.1 Å². The molecule has 0 aliphatic heterocycles. The molecule has 0 heterocycles. The fourth-order valence-corrected chi connectivity index (χ4v) is 7.20. The molecule has 0 atom stereocenters. The number of hydrogen-bond acceptors (Lipinski definition) is 3. The van der Waals surface area contributed by atoms with Gasteiger partial charge in [0.05, 0.1) is 12.2 Å². The van der Waals surface area contributed by atoms with Gasteiger partial charge >= 0.3 is 0 Å². The van der Waals surface area contributed by atoms with Crippen molar-refractivity contribution >= 4 is 15.9 Å². The second kappa shape index (κ2) is 11.2. The summed E-state index contributed by atoms with van der Waals surface area (Å²) in [6.45, 7) is 4.95. The highest BCUT2D eigenvalue weighted by Crippen LogP contribution is 2.60. The van der Waals surface area contributed by atoms with Gasteiger partial charge in [0.25, 0.3) is 0 Å². The Morgan fingerprint density at radius 3 is 2.14 bits per heavy atom. The molecule has 4 heteroatoms. The summed E-state index contributed by atoms with van der Waals surface area (Å²) in [5.41, 5.74) is 4.77. The fourth-order valence-electron chi connectivity index (χ4n) is 6.40. The van der Waals surface area contributed by atoms with Crippen molar-refractivity contribution in [1.29, 1.82) is 10.5 Å². The topological polar surface area (TPSA) is 56.8 Å². The van der Waals surface area contributed by atoms with Crippen molar-refractivity contribution in [2.24, 2.45) is 5.41 Å². The summed E-state index contributed by atoms with van der Waals surface area (Å²) in [7, 11) is 0. The van der Waals surface area contributed by atoms with E-state index in [1.54, 1.807) is 0 Å². The highest BCUT2D eigenvalue weighted by atomic mass is 79.9. The third kappa shape index (κ3) is 5.15. The molecule has 0 spiro atoms. The number of rotatable bonds is 10. The van der Waals surface area contributed by atoms with Gasteiger partial charge in [-0.1, -0.05) is 67.6 Å². The van der Waals surface area contributed by atoms with E-state index in [9.17, 15) is 10.5 Å². The molecule has 0 aromatic heterocycles. The van der Waals surface area contributed by atoms with Crippen LogP contribution in [0.1, 0.15) is 108 Å². The van der Waals surface area contributed by atoms with Gasteiger partial charge in [0, 0.05) is 10.0 Å². The van der Waals surface area contributed by atoms with E-state index >= 15 is 0 Å². The van der Waals surface area contributed by atoms with Crippen LogP contribution in [0.3, 0.4) is 0 Å². The zero-order chi connectivity index (χ0) is 24.9. The summed E-state index contributed by atoms with van der Waals surface area (Å²) >= 11 is 3.90. The first-order chi connectivity index (χ1) is 17.0. The molecule has 2 aromatic carbocycles. The summed E-state index contributed by atoms with van der Waals surface area (Å²) in [6, 6.07) is 14.8. The van der Waals surface area contributed by atoms with Crippen molar-refractivity contribution in [2.45, 2.75) is 96.3 Å². The van der Waals surface area contributed by atoms with Gasteiger partial charge in [0.2, 0.25) is 0 Å². The molecule has 0 amide bonds. The van der Waals surface area contributed by atoms with Crippen molar-refractivity contribution in [2.75, 3.05) is 6.61 Å². The standard InChI is InChI=1S/C31H37BrN2O/c1-3-5-7-12-30-13-16-31(17-14-30,18-15-30)27-10-8-23(20-28(27)32)24-9-11-29(35-19-6-4-2)26(22-34)25(24)21-33/h8-11,20H,3-7,12-19H2,1-2H3. The van der Waals surface area contributed by atoms with Crippen LogP contribution in [0.2, 0.25) is 0 Å². The molecule has 3 nitrogen and oxygen atoms in total. The monoisotopic (exact) mass is 532 g/mol. The van der Waals surface area contributed by atoms with E-state index in [-0.39, 0.29) is 5.41 Å². The molecule has 0 unspecified atom stereocenters. The summed E-state index contributed by atoms with van der Waals surface area (Å²) < 4.78 is 6.94. The van der Waals surface area contributed by atoms with Crippen LogP contribution in [0.25, 0.3) is 11.1 Å². The Morgan fingerprint density at radius 1 is 0.857 bits per heavy atom. The average molecular weight is 534 g/mol. The minimum atomic E-state index is 0.275. The molecule has 184 valence electrons. The fraction of sp³-hybridized carbons (Fsp3) is 0.548. The van der Waals surface area contributed by atoms with E-state index in [4.69, 9.17) is 4.74 Å².